The Morgan fingerprint density at radius 1 is 1.00 bits per heavy atom. The van der Waals surface area contributed by atoms with Gasteiger partial charge in [0.05, 0.1) is 18.3 Å². The molecular weight excluding hydrogens is 483 g/mol. The number of benzene rings is 3. The molecule has 0 saturated heterocycles. The van der Waals surface area contributed by atoms with Gasteiger partial charge in [0.25, 0.3) is 5.91 Å². The lowest BCUT2D eigenvalue weighted by atomic mass is 10.2. The third kappa shape index (κ3) is 5.17. The number of carbonyl (C=O) groups excluding carboxylic acids is 2. The average molecular weight is 499 g/mol. The van der Waals surface area contributed by atoms with Gasteiger partial charge in [-0.2, -0.15) is 5.10 Å². The number of esters is 1. The van der Waals surface area contributed by atoms with Crippen LogP contribution in [0.4, 0.5) is 0 Å². The van der Waals surface area contributed by atoms with Crippen LogP contribution in [-0.4, -0.2) is 25.2 Å². The van der Waals surface area contributed by atoms with E-state index in [0.717, 1.165) is 10.1 Å². The number of hydrazone groups is 1. The Hall–Kier alpha value is -3.39. The SMILES string of the molecule is COc1cc(C=NNC(=O)c2ccc(Cl)cc2)ccc1OC(=O)c1sc2ccccc2c1Cl. The Morgan fingerprint density at radius 3 is 2.48 bits per heavy atom. The first-order chi connectivity index (χ1) is 16.0. The molecule has 0 unspecified atom stereocenters. The molecule has 0 aliphatic heterocycles. The third-order valence-corrected chi connectivity index (χ3v) is 6.50. The summed E-state index contributed by atoms with van der Waals surface area (Å²) in [7, 11) is 1.46. The maximum atomic E-state index is 12.7. The average Bonchev–Trinajstić information content (AvgIpc) is 3.17. The number of thiophene rings is 1. The summed E-state index contributed by atoms with van der Waals surface area (Å²) < 4.78 is 11.8. The number of amides is 1. The predicted octanol–water partition coefficient (Wildman–Crippen LogP) is 6.20. The van der Waals surface area contributed by atoms with Gasteiger partial charge in [-0.1, -0.05) is 41.4 Å². The van der Waals surface area contributed by atoms with E-state index in [-0.39, 0.29) is 11.7 Å². The van der Waals surface area contributed by atoms with Gasteiger partial charge in [-0.05, 0) is 54.1 Å². The molecule has 0 radical (unpaired) electrons. The Bertz CT molecular complexity index is 1370. The zero-order chi connectivity index (χ0) is 23.4. The van der Waals surface area contributed by atoms with Gasteiger partial charge in [0.1, 0.15) is 4.88 Å². The van der Waals surface area contributed by atoms with Crippen molar-refractivity contribution < 1.29 is 19.1 Å². The van der Waals surface area contributed by atoms with Crippen molar-refractivity contribution in [3.05, 3.63) is 92.8 Å². The number of ether oxygens (including phenoxy) is 2. The molecular formula is C24H16Cl2N2O4S. The van der Waals surface area contributed by atoms with E-state index in [1.807, 2.05) is 24.3 Å². The first-order valence-electron chi connectivity index (χ1n) is 9.62. The van der Waals surface area contributed by atoms with Gasteiger partial charge >= 0.3 is 5.97 Å². The number of rotatable bonds is 6. The van der Waals surface area contributed by atoms with Crippen molar-refractivity contribution in [3.8, 4) is 11.5 Å². The van der Waals surface area contributed by atoms with Gasteiger partial charge in [-0.3, -0.25) is 4.79 Å². The summed E-state index contributed by atoms with van der Waals surface area (Å²) in [5.41, 5.74) is 3.49. The molecule has 3 aromatic carbocycles. The maximum absolute atomic E-state index is 12.7. The summed E-state index contributed by atoms with van der Waals surface area (Å²) in [6.45, 7) is 0. The standard InChI is InChI=1S/C24H16Cl2N2O4S/c1-31-19-12-14(13-27-28-23(29)15-7-9-16(25)10-8-15)6-11-18(19)32-24(30)22-21(26)17-4-2-3-5-20(17)33-22/h2-13H,1H3,(H,28,29). The van der Waals surface area contributed by atoms with E-state index in [2.05, 4.69) is 10.5 Å². The number of carbonyl (C=O) groups is 2. The predicted molar refractivity (Wildman–Crippen MR) is 131 cm³/mol. The smallest absolute Gasteiger partial charge is 0.355 e. The Labute approximate surface area is 203 Å². The van der Waals surface area contributed by atoms with Crippen LogP contribution in [-0.2, 0) is 0 Å². The molecule has 6 nitrogen and oxygen atoms in total. The molecule has 4 aromatic rings. The number of fused-ring (bicyclic) bond motifs is 1. The highest BCUT2D eigenvalue weighted by atomic mass is 35.5. The fraction of sp³-hybridized carbons (Fsp3) is 0.0417. The van der Waals surface area contributed by atoms with Crippen molar-refractivity contribution in [2.24, 2.45) is 5.10 Å². The lowest BCUT2D eigenvalue weighted by Crippen LogP contribution is -2.17. The first kappa shape index (κ1) is 22.8. The van der Waals surface area contributed by atoms with Crippen LogP contribution in [0.1, 0.15) is 25.6 Å². The second-order valence-electron chi connectivity index (χ2n) is 6.75. The van der Waals surface area contributed by atoms with Gasteiger partial charge in [-0.25, -0.2) is 10.2 Å². The summed E-state index contributed by atoms with van der Waals surface area (Å²) in [6, 6.07) is 18.8. The zero-order valence-corrected chi connectivity index (χ0v) is 19.5. The summed E-state index contributed by atoms with van der Waals surface area (Å²) in [5, 5.41) is 5.65. The number of nitrogens with one attached hydrogen (secondary N) is 1. The fourth-order valence-electron chi connectivity index (χ4n) is 2.97. The Morgan fingerprint density at radius 2 is 1.76 bits per heavy atom. The van der Waals surface area contributed by atoms with E-state index >= 15 is 0 Å². The third-order valence-electron chi connectivity index (χ3n) is 4.60. The molecule has 1 heterocycles. The van der Waals surface area contributed by atoms with Crippen LogP contribution >= 0.6 is 34.5 Å². The van der Waals surface area contributed by atoms with E-state index in [9.17, 15) is 9.59 Å². The largest absolute Gasteiger partial charge is 0.493 e. The molecule has 0 fully saturated rings. The molecule has 1 amide bonds. The van der Waals surface area contributed by atoms with Gasteiger partial charge in [0.15, 0.2) is 11.5 Å². The van der Waals surface area contributed by atoms with Gasteiger partial charge in [-0.15, -0.1) is 11.3 Å². The fourth-order valence-corrected chi connectivity index (χ4v) is 4.48. The zero-order valence-electron chi connectivity index (χ0n) is 17.2. The topological polar surface area (TPSA) is 77.0 Å². The number of methoxy groups -OCH3 is 1. The molecule has 0 saturated carbocycles. The molecule has 0 atom stereocenters. The minimum Gasteiger partial charge on any atom is -0.493 e. The molecule has 1 aromatic heterocycles. The number of hydrogen-bond donors (Lipinski definition) is 1. The minimum absolute atomic E-state index is 0.235. The Kier molecular flexibility index (Phi) is 6.93. The van der Waals surface area contributed by atoms with Gasteiger partial charge < -0.3 is 9.47 Å². The maximum Gasteiger partial charge on any atom is 0.355 e. The lowest BCUT2D eigenvalue weighted by molar-refractivity contribution is 0.0734. The van der Waals surface area contributed by atoms with Crippen LogP contribution in [0.2, 0.25) is 10.0 Å². The van der Waals surface area contributed by atoms with E-state index in [1.165, 1.54) is 24.7 Å². The van der Waals surface area contributed by atoms with Crippen molar-refractivity contribution in [1.82, 2.24) is 5.43 Å². The summed E-state index contributed by atoms with van der Waals surface area (Å²) in [5.74, 6) is -0.385. The summed E-state index contributed by atoms with van der Waals surface area (Å²) >= 11 is 13.5. The number of halogens is 2. The highest BCUT2D eigenvalue weighted by molar-refractivity contribution is 7.21. The number of nitrogens with zero attached hydrogens (tertiary/aromatic N) is 1. The lowest BCUT2D eigenvalue weighted by Gasteiger charge is -2.09. The minimum atomic E-state index is -0.573. The van der Waals surface area contributed by atoms with Crippen LogP contribution in [0.25, 0.3) is 10.1 Å². The molecule has 9 heteroatoms. The van der Waals surface area contributed by atoms with Crippen molar-refractivity contribution in [2.75, 3.05) is 7.11 Å². The van der Waals surface area contributed by atoms with Crippen LogP contribution < -0.4 is 14.9 Å². The van der Waals surface area contributed by atoms with Crippen LogP contribution in [0.3, 0.4) is 0 Å². The quantitative estimate of drug-likeness (QED) is 0.148. The number of hydrogen-bond acceptors (Lipinski definition) is 6. The molecule has 0 spiro atoms. The van der Waals surface area contributed by atoms with E-state index < -0.39 is 5.97 Å². The summed E-state index contributed by atoms with van der Waals surface area (Å²) in [4.78, 5) is 25.2. The second-order valence-corrected chi connectivity index (χ2v) is 8.61. The normalized spacial score (nSPS) is 11.0. The molecule has 0 aliphatic rings. The highest BCUT2D eigenvalue weighted by Gasteiger charge is 2.20. The highest BCUT2D eigenvalue weighted by Crippen LogP contribution is 2.37. The Balaban J connectivity index is 1.46. The molecule has 33 heavy (non-hydrogen) atoms. The second kappa shape index (κ2) is 10.0. The van der Waals surface area contributed by atoms with Crippen LogP contribution in [0.15, 0.2) is 71.8 Å². The molecule has 0 bridgehead atoms. The monoisotopic (exact) mass is 498 g/mol. The molecule has 166 valence electrons. The first-order valence-corrected chi connectivity index (χ1v) is 11.2. The van der Waals surface area contributed by atoms with Gasteiger partial charge in [0.2, 0.25) is 0 Å². The van der Waals surface area contributed by atoms with E-state index in [4.69, 9.17) is 32.7 Å². The van der Waals surface area contributed by atoms with E-state index in [1.54, 1.807) is 42.5 Å². The summed E-state index contributed by atoms with van der Waals surface area (Å²) in [6.07, 6.45) is 1.45. The van der Waals surface area contributed by atoms with Crippen molar-refractivity contribution in [2.45, 2.75) is 0 Å². The van der Waals surface area contributed by atoms with Crippen molar-refractivity contribution >= 4 is 62.7 Å². The van der Waals surface area contributed by atoms with Crippen LogP contribution in [0, 0.1) is 0 Å². The van der Waals surface area contributed by atoms with E-state index in [0.29, 0.717) is 31.8 Å². The molecule has 4 rings (SSSR count). The molecule has 0 aliphatic carbocycles. The van der Waals surface area contributed by atoms with Gasteiger partial charge in [0, 0.05) is 20.7 Å². The van der Waals surface area contributed by atoms with Crippen LogP contribution in [0.5, 0.6) is 11.5 Å². The van der Waals surface area contributed by atoms with Crippen molar-refractivity contribution in [3.63, 3.8) is 0 Å². The van der Waals surface area contributed by atoms with Crippen molar-refractivity contribution in [1.29, 1.82) is 0 Å². The molecule has 1 N–H and O–H groups in total.